The maximum atomic E-state index is 13.5. The van der Waals surface area contributed by atoms with Crippen LogP contribution in [0.15, 0.2) is 71.7 Å². The molecular weight excluding hydrogens is 404 g/mol. The lowest BCUT2D eigenvalue weighted by Gasteiger charge is -2.13. The molecule has 2 aromatic heterocycles. The van der Waals surface area contributed by atoms with Crippen molar-refractivity contribution in [3.05, 3.63) is 105 Å². The molecule has 0 aliphatic heterocycles. The highest BCUT2D eigenvalue weighted by molar-refractivity contribution is 6.17. The fraction of sp³-hybridized carbons (Fsp3) is 0.192. The van der Waals surface area contributed by atoms with Crippen molar-refractivity contribution in [1.29, 1.82) is 0 Å². The van der Waals surface area contributed by atoms with Crippen LogP contribution >= 0.6 is 0 Å². The van der Waals surface area contributed by atoms with Crippen LogP contribution in [0.25, 0.3) is 11.0 Å². The number of carbonyl (C=O) groups is 2. The van der Waals surface area contributed by atoms with Gasteiger partial charge in [-0.2, -0.15) is 0 Å². The van der Waals surface area contributed by atoms with Crippen LogP contribution in [0, 0.1) is 6.92 Å². The number of ketones is 1. The van der Waals surface area contributed by atoms with Gasteiger partial charge in [-0.15, -0.1) is 0 Å². The summed E-state index contributed by atoms with van der Waals surface area (Å²) in [5.41, 5.74) is 2.97. The van der Waals surface area contributed by atoms with Gasteiger partial charge in [0.25, 0.3) is 0 Å². The third kappa shape index (κ3) is 3.64. The van der Waals surface area contributed by atoms with E-state index in [0.29, 0.717) is 34.4 Å². The number of benzene rings is 2. The molecule has 0 saturated carbocycles. The van der Waals surface area contributed by atoms with Crippen LogP contribution < -0.4 is 5.43 Å². The summed E-state index contributed by atoms with van der Waals surface area (Å²) in [4.78, 5) is 39.4. The Morgan fingerprint density at radius 2 is 1.56 bits per heavy atom. The molecule has 2 heterocycles. The van der Waals surface area contributed by atoms with Gasteiger partial charge in [0, 0.05) is 31.0 Å². The van der Waals surface area contributed by atoms with E-state index in [0.717, 1.165) is 5.56 Å². The van der Waals surface area contributed by atoms with Gasteiger partial charge in [-0.25, -0.2) is 4.79 Å². The number of nitrogens with zero attached hydrogens (tertiary/aromatic N) is 2. The van der Waals surface area contributed by atoms with Gasteiger partial charge in [0.1, 0.15) is 11.1 Å². The summed E-state index contributed by atoms with van der Waals surface area (Å²) in [5.74, 6) is -0.838. The lowest BCUT2D eigenvalue weighted by molar-refractivity contribution is 0.0524. The predicted octanol–water partition coefficient (Wildman–Crippen LogP) is 4.10. The van der Waals surface area contributed by atoms with Gasteiger partial charge in [-0.05, 0) is 19.4 Å². The molecule has 0 fully saturated rings. The largest absolute Gasteiger partial charge is 0.462 e. The third-order valence-corrected chi connectivity index (χ3v) is 5.65. The summed E-state index contributed by atoms with van der Waals surface area (Å²) in [6.45, 7) is 4.07. The Morgan fingerprint density at radius 1 is 0.938 bits per heavy atom. The molecule has 0 radical (unpaired) electrons. The zero-order valence-electron chi connectivity index (χ0n) is 18.3. The Labute approximate surface area is 185 Å². The Hall–Kier alpha value is -3.93. The summed E-state index contributed by atoms with van der Waals surface area (Å²) in [5, 5.41) is 0. The molecule has 4 aromatic rings. The van der Waals surface area contributed by atoms with E-state index in [1.807, 2.05) is 60.0 Å². The Balaban J connectivity index is 2.04. The van der Waals surface area contributed by atoms with Crippen molar-refractivity contribution in [2.75, 3.05) is 6.61 Å². The fourth-order valence-electron chi connectivity index (χ4n) is 3.99. The third-order valence-electron chi connectivity index (χ3n) is 5.65. The number of carbonyl (C=O) groups excluding carboxylic acids is 2. The molecule has 32 heavy (non-hydrogen) atoms. The summed E-state index contributed by atoms with van der Waals surface area (Å²) in [6, 6.07) is 18.7. The lowest BCUT2D eigenvalue weighted by atomic mass is 10.0. The second kappa shape index (κ2) is 8.67. The van der Waals surface area contributed by atoms with E-state index in [1.54, 1.807) is 30.7 Å². The van der Waals surface area contributed by atoms with Crippen LogP contribution in [0.2, 0.25) is 0 Å². The Kier molecular flexibility index (Phi) is 5.77. The van der Waals surface area contributed by atoms with E-state index in [4.69, 9.17) is 4.74 Å². The second-order valence-corrected chi connectivity index (χ2v) is 7.62. The molecule has 162 valence electrons. The minimum atomic E-state index is -0.670. The summed E-state index contributed by atoms with van der Waals surface area (Å²) >= 11 is 0. The molecule has 0 saturated heterocycles. The van der Waals surface area contributed by atoms with Crippen LogP contribution in [0.5, 0.6) is 0 Å². The van der Waals surface area contributed by atoms with Gasteiger partial charge in [-0.1, -0.05) is 60.7 Å². The van der Waals surface area contributed by atoms with E-state index in [1.165, 1.54) is 6.20 Å². The van der Waals surface area contributed by atoms with Gasteiger partial charge in [0.05, 0.1) is 17.7 Å². The van der Waals surface area contributed by atoms with Crippen molar-refractivity contribution in [2.45, 2.75) is 20.4 Å². The minimum absolute atomic E-state index is 0.0467. The molecule has 4 rings (SSSR count). The second-order valence-electron chi connectivity index (χ2n) is 7.62. The van der Waals surface area contributed by atoms with Crippen molar-refractivity contribution in [3.63, 3.8) is 0 Å². The molecule has 0 amide bonds. The van der Waals surface area contributed by atoms with Gasteiger partial charge >= 0.3 is 5.97 Å². The number of hydrogen-bond acceptors (Lipinski definition) is 4. The molecule has 0 unspecified atom stereocenters. The van der Waals surface area contributed by atoms with Crippen LogP contribution in [0.1, 0.15) is 44.5 Å². The Morgan fingerprint density at radius 3 is 2.19 bits per heavy atom. The maximum absolute atomic E-state index is 13.5. The van der Waals surface area contributed by atoms with Gasteiger partial charge in [0.15, 0.2) is 5.78 Å². The van der Waals surface area contributed by atoms with Crippen LogP contribution in [-0.2, 0) is 18.3 Å². The lowest BCUT2D eigenvalue weighted by Crippen LogP contribution is -2.22. The summed E-state index contributed by atoms with van der Waals surface area (Å²) < 4.78 is 8.63. The number of ether oxygens (including phenoxy) is 1. The first-order valence-electron chi connectivity index (χ1n) is 10.5. The molecule has 6 heteroatoms. The molecular formula is C26H24N2O4. The molecule has 6 nitrogen and oxygen atoms in total. The normalized spacial score (nSPS) is 11.0. The number of hydrogen-bond donors (Lipinski definition) is 0. The number of esters is 1. The zero-order chi connectivity index (χ0) is 22.8. The SMILES string of the molecule is CCOC(=O)c1cn(Cc2ccccc2)c2c(C(=O)c3ccccc3)c(C)n(C)c2c1=O. The summed E-state index contributed by atoms with van der Waals surface area (Å²) in [7, 11) is 1.74. The number of aromatic nitrogens is 2. The minimum Gasteiger partial charge on any atom is -0.462 e. The van der Waals surface area contributed by atoms with Crippen molar-refractivity contribution < 1.29 is 14.3 Å². The standard InChI is InChI=1S/C26H24N2O4/c1-4-32-26(31)20-16-28(15-18-11-7-5-8-12-18)22-21(17(2)27(3)23(22)25(20)30)24(29)19-13-9-6-10-14-19/h5-14,16H,4,15H2,1-3H3. The van der Waals surface area contributed by atoms with Gasteiger partial charge in [0.2, 0.25) is 5.43 Å². The highest BCUT2D eigenvalue weighted by atomic mass is 16.5. The maximum Gasteiger partial charge on any atom is 0.343 e. The molecule has 0 aliphatic carbocycles. The fourth-order valence-corrected chi connectivity index (χ4v) is 3.99. The molecule has 2 aromatic carbocycles. The molecule has 0 N–H and O–H groups in total. The van der Waals surface area contributed by atoms with Crippen molar-refractivity contribution in [3.8, 4) is 0 Å². The van der Waals surface area contributed by atoms with E-state index in [-0.39, 0.29) is 18.0 Å². The van der Waals surface area contributed by atoms with E-state index in [9.17, 15) is 14.4 Å². The van der Waals surface area contributed by atoms with Gasteiger partial charge in [-0.3, -0.25) is 9.59 Å². The number of fused-ring (bicyclic) bond motifs is 1. The molecule has 0 aliphatic rings. The highest BCUT2D eigenvalue weighted by Crippen LogP contribution is 2.27. The zero-order valence-corrected chi connectivity index (χ0v) is 18.3. The first-order valence-corrected chi connectivity index (χ1v) is 10.5. The van der Waals surface area contributed by atoms with E-state index >= 15 is 0 Å². The first kappa shape index (κ1) is 21.3. The summed E-state index contributed by atoms with van der Waals surface area (Å²) in [6.07, 6.45) is 1.51. The van der Waals surface area contributed by atoms with Gasteiger partial charge < -0.3 is 13.9 Å². The first-order chi connectivity index (χ1) is 15.4. The predicted molar refractivity (Wildman–Crippen MR) is 123 cm³/mol. The smallest absolute Gasteiger partial charge is 0.343 e. The topological polar surface area (TPSA) is 70.3 Å². The van der Waals surface area contributed by atoms with Crippen LogP contribution in [0.3, 0.4) is 0 Å². The van der Waals surface area contributed by atoms with Crippen LogP contribution in [-0.4, -0.2) is 27.5 Å². The molecule has 0 spiro atoms. The monoisotopic (exact) mass is 428 g/mol. The number of rotatable bonds is 6. The van der Waals surface area contributed by atoms with Crippen molar-refractivity contribution in [1.82, 2.24) is 9.13 Å². The molecule has 0 atom stereocenters. The number of aryl methyl sites for hydroxylation is 1. The highest BCUT2D eigenvalue weighted by Gasteiger charge is 2.27. The van der Waals surface area contributed by atoms with Crippen molar-refractivity contribution >= 4 is 22.8 Å². The average molecular weight is 428 g/mol. The Bertz CT molecular complexity index is 1370. The quantitative estimate of drug-likeness (QED) is 0.342. The van der Waals surface area contributed by atoms with Crippen molar-refractivity contribution in [2.24, 2.45) is 7.05 Å². The van der Waals surface area contributed by atoms with Crippen LogP contribution in [0.4, 0.5) is 0 Å². The number of pyridine rings is 1. The van der Waals surface area contributed by atoms with E-state index < -0.39 is 11.4 Å². The van der Waals surface area contributed by atoms with E-state index in [2.05, 4.69) is 0 Å². The molecule has 0 bridgehead atoms. The average Bonchev–Trinajstić information content (AvgIpc) is 3.08.